The normalized spacial score (nSPS) is 10.5. The minimum atomic E-state index is -0.411. The molecule has 0 bridgehead atoms. The average molecular weight is 356 g/mol. The number of benzene rings is 2. The summed E-state index contributed by atoms with van der Waals surface area (Å²) in [6.45, 7) is 1.32. The standard InChI is InChI=1S/C20H20O6/c1-13(21)26-16-8-6-15(7-9-16)17(22)10-5-14-11-18(23-2)20(25-4)19(12-14)24-3/h5-12H,1-4H3/b10-5+. The van der Waals surface area contributed by atoms with Crippen molar-refractivity contribution < 1.29 is 28.5 Å². The third-order valence-corrected chi connectivity index (χ3v) is 3.51. The van der Waals surface area contributed by atoms with Gasteiger partial charge in [0.25, 0.3) is 0 Å². The Bertz CT molecular complexity index is 796. The highest BCUT2D eigenvalue weighted by Gasteiger charge is 2.12. The smallest absolute Gasteiger partial charge is 0.308 e. The Morgan fingerprint density at radius 3 is 1.92 bits per heavy atom. The van der Waals surface area contributed by atoms with Crippen LogP contribution in [0.5, 0.6) is 23.0 Å². The summed E-state index contributed by atoms with van der Waals surface area (Å²) in [5, 5.41) is 0. The number of esters is 1. The third-order valence-electron chi connectivity index (χ3n) is 3.51. The van der Waals surface area contributed by atoms with E-state index in [-0.39, 0.29) is 5.78 Å². The van der Waals surface area contributed by atoms with E-state index < -0.39 is 5.97 Å². The molecule has 0 amide bonds. The van der Waals surface area contributed by atoms with Gasteiger partial charge in [0.1, 0.15) is 5.75 Å². The molecule has 0 saturated heterocycles. The molecule has 0 aliphatic heterocycles. The highest BCUT2D eigenvalue weighted by Crippen LogP contribution is 2.38. The minimum absolute atomic E-state index is 0.187. The summed E-state index contributed by atoms with van der Waals surface area (Å²) < 4.78 is 20.8. The van der Waals surface area contributed by atoms with Crippen LogP contribution in [0.2, 0.25) is 0 Å². The van der Waals surface area contributed by atoms with Crippen molar-refractivity contribution in [2.45, 2.75) is 6.92 Å². The first kappa shape index (κ1) is 19.1. The molecule has 0 N–H and O–H groups in total. The van der Waals surface area contributed by atoms with Gasteiger partial charge in [0.05, 0.1) is 21.3 Å². The highest BCUT2D eigenvalue weighted by atomic mass is 16.5. The zero-order valence-corrected chi connectivity index (χ0v) is 15.1. The molecule has 6 nitrogen and oxygen atoms in total. The van der Waals surface area contributed by atoms with Crippen LogP contribution in [0.1, 0.15) is 22.8 Å². The van der Waals surface area contributed by atoms with Crippen molar-refractivity contribution in [3.63, 3.8) is 0 Å². The Morgan fingerprint density at radius 1 is 0.885 bits per heavy atom. The molecule has 0 aromatic heterocycles. The van der Waals surface area contributed by atoms with Crippen LogP contribution in [0, 0.1) is 0 Å². The SMILES string of the molecule is COc1cc(/C=C/C(=O)c2ccc(OC(C)=O)cc2)cc(OC)c1OC. The van der Waals surface area contributed by atoms with Crippen molar-refractivity contribution in [2.24, 2.45) is 0 Å². The molecule has 0 aliphatic carbocycles. The lowest BCUT2D eigenvalue weighted by Crippen LogP contribution is -2.01. The van der Waals surface area contributed by atoms with Crippen LogP contribution in [0.25, 0.3) is 6.08 Å². The average Bonchev–Trinajstić information content (AvgIpc) is 2.65. The van der Waals surface area contributed by atoms with Gasteiger partial charge >= 0.3 is 5.97 Å². The fourth-order valence-electron chi connectivity index (χ4n) is 2.32. The number of allylic oxidation sites excluding steroid dienone is 1. The molecular formula is C20H20O6. The maximum Gasteiger partial charge on any atom is 0.308 e. The molecule has 26 heavy (non-hydrogen) atoms. The molecule has 6 heteroatoms. The quantitative estimate of drug-likeness (QED) is 0.327. The summed E-state index contributed by atoms with van der Waals surface area (Å²) in [5.41, 5.74) is 1.20. The van der Waals surface area contributed by atoms with Crippen LogP contribution in [-0.2, 0) is 4.79 Å². The lowest BCUT2D eigenvalue weighted by Gasteiger charge is -2.12. The fraction of sp³-hybridized carbons (Fsp3) is 0.200. The van der Waals surface area contributed by atoms with Gasteiger partial charge in [-0.05, 0) is 48.0 Å². The van der Waals surface area contributed by atoms with E-state index in [1.165, 1.54) is 34.3 Å². The van der Waals surface area contributed by atoms with Gasteiger partial charge in [-0.15, -0.1) is 0 Å². The van der Waals surface area contributed by atoms with Gasteiger partial charge in [0, 0.05) is 12.5 Å². The maximum absolute atomic E-state index is 12.3. The van der Waals surface area contributed by atoms with Crippen LogP contribution in [-0.4, -0.2) is 33.1 Å². The zero-order chi connectivity index (χ0) is 19.1. The van der Waals surface area contributed by atoms with Gasteiger partial charge < -0.3 is 18.9 Å². The summed E-state index contributed by atoms with van der Waals surface area (Å²) in [6, 6.07) is 9.83. The number of hydrogen-bond donors (Lipinski definition) is 0. The molecule has 0 atom stereocenters. The summed E-state index contributed by atoms with van der Waals surface area (Å²) in [6.07, 6.45) is 3.11. The first-order valence-corrected chi connectivity index (χ1v) is 7.79. The van der Waals surface area contributed by atoms with Crippen LogP contribution in [0.4, 0.5) is 0 Å². The lowest BCUT2D eigenvalue weighted by molar-refractivity contribution is -0.131. The predicted octanol–water partition coefficient (Wildman–Crippen LogP) is 3.53. The molecule has 0 fully saturated rings. The van der Waals surface area contributed by atoms with Crippen molar-refractivity contribution in [3.05, 3.63) is 53.6 Å². The zero-order valence-electron chi connectivity index (χ0n) is 15.1. The summed E-state index contributed by atoms with van der Waals surface area (Å²) in [4.78, 5) is 23.2. The second kappa shape index (κ2) is 8.71. The summed E-state index contributed by atoms with van der Waals surface area (Å²) >= 11 is 0. The van der Waals surface area contributed by atoms with E-state index in [4.69, 9.17) is 18.9 Å². The van der Waals surface area contributed by atoms with Gasteiger partial charge in [-0.3, -0.25) is 9.59 Å². The van der Waals surface area contributed by atoms with E-state index in [1.807, 2.05) is 0 Å². The second-order valence-corrected chi connectivity index (χ2v) is 5.27. The molecule has 136 valence electrons. The van der Waals surface area contributed by atoms with Crippen molar-refractivity contribution in [1.82, 2.24) is 0 Å². The molecule has 0 heterocycles. The number of methoxy groups -OCH3 is 3. The van der Waals surface area contributed by atoms with E-state index in [9.17, 15) is 9.59 Å². The van der Waals surface area contributed by atoms with Crippen molar-refractivity contribution >= 4 is 17.8 Å². The molecule has 2 aromatic rings. The highest BCUT2D eigenvalue weighted by molar-refractivity contribution is 6.06. The molecule has 2 aromatic carbocycles. The maximum atomic E-state index is 12.3. The molecule has 0 aliphatic rings. The van der Waals surface area contributed by atoms with Crippen LogP contribution >= 0.6 is 0 Å². The van der Waals surface area contributed by atoms with E-state index in [0.717, 1.165) is 5.56 Å². The van der Waals surface area contributed by atoms with Crippen LogP contribution in [0.3, 0.4) is 0 Å². The number of ether oxygens (including phenoxy) is 4. The number of carbonyl (C=O) groups is 2. The molecule has 0 spiro atoms. The predicted molar refractivity (Wildman–Crippen MR) is 97.2 cm³/mol. The first-order valence-electron chi connectivity index (χ1n) is 7.79. The monoisotopic (exact) mass is 356 g/mol. The Morgan fingerprint density at radius 2 is 1.46 bits per heavy atom. The van der Waals surface area contributed by atoms with Gasteiger partial charge in [0.2, 0.25) is 5.75 Å². The topological polar surface area (TPSA) is 71.1 Å². The van der Waals surface area contributed by atoms with Gasteiger partial charge in [-0.1, -0.05) is 6.08 Å². The Kier molecular flexibility index (Phi) is 6.38. The third kappa shape index (κ3) is 4.63. The van der Waals surface area contributed by atoms with E-state index in [0.29, 0.717) is 28.6 Å². The van der Waals surface area contributed by atoms with E-state index >= 15 is 0 Å². The van der Waals surface area contributed by atoms with Crippen molar-refractivity contribution in [1.29, 1.82) is 0 Å². The molecule has 2 rings (SSSR count). The van der Waals surface area contributed by atoms with Gasteiger partial charge in [-0.2, -0.15) is 0 Å². The molecular weight excluding hydrogens is 336 g/mol. The van der Waals surface area contributed by atoms with Crippen molar-refractivity contribution in [3.8, 4) is 23.0 Å². The summed E-state index contributed by atoms with van der Waals surface area (Å²) in [5.74, 6) is 1.29. The van der Waals surface area contributed by atoms with Gasteiger partial charge in [0.15, 0.2) is 17.3 Å². The van der Waals surface area contributed by atoms with E-state index in [1.54, 1.807) is 42.5 Å². The fourth-order valence-corrected chi connectivity index (χ4v) is 2.32. The number of hydrogen-bond acceptors (Lipinski definition) is 6. The number of rotatable bonds is 7. The van der Waals surface area contributed by atoms with Crippen LogP contribution < -0.4 is 18.9 Å². The second-order valence-electron chi connectivity index (χ2n) is 5.27. The first-order chi connectivity index (χ1) is 12.5. The molecule has 0 unspecified atom stereocenters. The van der Waals surface area contributed by atoms with Gasteiger partial charge in [-0.25, -0.2) is 0 Å². The Labute approximate surface area is 151 Å². The number of ketones is 1. The van der Waals surface area contributed by atoms with Crippen LogP contribution in [0.15, 0.2) is 42.5 Å². The largest absolute Gasteiger partial charge is 0.493 e. The molecule has 0 radical (unpaired) electrons. The summed E-state index contributed by atoms with van der Waals surface area (Å²) in [7, 11) is 4.58. The Hall–Kier alpha value is -3.28. The Balaban J connectivity index is 2.20. The lowest BCUT2D eigenvalue weighted by atomic mass is 10.1. The van der Waals surface area contributed by atoms with Crippen molar-refractivity contribution in [2.75, 3.05) is 21.3 Å². The minimum Gasteiger partial charge on any atom is -0.493 e. The molecule has 0 saturated carbocycles. The van der Waals surface area contributed by atoms with E-state index in [2.05, 4.69) is 0 Å². The number of carbonyl (C=O) groups excluding carboxylic acids is 2.